The molecule has 1 aliphatic rings. The van der Waals surface area contributed by atoms with Gasteiger partial charge in [-0.3, -0.25) is 13.7 Å². The Morgan fingerprint density at radius 1 is 1.04 bits per heavy atom. The standard InChI is InChI=1S/C19H24N6OS/c20-15-4-5-17-16(14-15)18(26)25(27-17)9-2-1-8-23-10-12-24(13-11-23)19-21-6-3-7-22-19/h3-7,14H,1-2,8-13,20H2. The van der Waals surface area contributed by atoms with Crippen LogP contribution in [-0.2, 0) is 6.54 Å². The summed E-state index contributed by atoms with van der Waals surface area (Å²) >= 11 is 1.53. The average Bonchev–Trinajstić information content (AvgIpc) is 3.02. The number of nitrogens with two attached hydrogens (primary N) is 1. The fourth-order valence-corrected chi connectivity index (χ4v) is 4.47. The van der Waals surface area contributed by atoms with Gasteiger partial charge in [-0.1, -0.05) is 11.5 Å². The number of nitrogens with zero attached hydrogens (tertiary/aromatic N) is 5. The predicted molar refractivity (Wildman–Crippen MR) is 110 cm³/mol. The molecule has 1 aliphatic heterocycles. The number of fused-ring (bicyclic) bond motifs is 1. The average molecular weight is 385 g/mol. The molecule has 0 saturated carbocycles. The topological polar surface area (TPSA) is 80.3 Å². The Morgan fingerprint density at radius 3 is 2.56 bits per heavy atom. The van der Waals surface area contributed by atoms with Gasteiger partial charge in [-0.25, -0.2) is 9.97 Å². The molecule has 8 heteroatoms. The van der Waals surface area contributed by atoms with E-state index in [-0.39, 0.29) is 5.56 Å². The van der Waals surface area contributed by atoms with Gasteiger partial charge in [0.05, 0.1) is 10.1 Å². The maximum atomic E-state index is 12.4. The number of nitrogen functional groups attached to an aromatic ring is 1. The Balaban J connectivity index is 1.23. The van der Waals surface area contributed by atoms with Gasteiger partial charge in [0.15, 0.2) is 0 Å². The summed E-state index contributed by atoms with van der Waals surface area (Å²) in [5.74, 6) is 0.821. The molecule has 0 radical (unpaired) electrons. The minimum atomic E-state index is 0.0822. The number of anilines is 2. The maximum absolute atomic E-state index is 12.4. The van der Waals surface area contributed by atoms with Crippen LogP contribution in [0.1, 0.15) is 12.8 Å². The summed E-state index contributed by atoms with van der Waals surface area (Å²) in [7, 11) is 0. The van der Waals surface area contributed by atoms with Gasteiger partial charge >= 0.3 is 0 Å². The number of hydrogen-bond acceptors (Lipinski definition) is 7. The number of aromatic nitrogens is 3. The monoisotopic (exact) mass is 384 g/mol. The summed E-state index contributed by atoms with van der Waals surface area (Å²) in [6, 6.07) is 7.41. The van der Waals surface area contributed by atoms with Crippen molar-refractivity contribution in [1.82, 2.24) is 18.8 Å². The lowest BCUT2D eigenvalue weighted by Gasteiger charge is -2.34. The normalized spacial score (nSPS) is 15.5. The molecule has 1 aromatic carbocycles. The number of benzene rings is 1. The number of piperazine rings is 1. The summed E-state index contributed by atoms with van der Waals surface area (Å²) in [4.78, 5) is 25.8. The highest BCUT2D eigenvalue weighted by molar-refractivity contribution is 7.13. The van der Waals surface area contributed by atoms with Gasteiger partial charge < -0.3 is 10.6 Å². The first-order valence-electron chi connectivity index (χ1n) is 9.34. The molecule has 3 heterocycles. The number of unbranched alkanes of at least 4 members (excludes halogenated alkanes) is 1. The molecule has 0 spiro atoms. The van der Waals surface area contributed by atoms with E-state index in [0.29, 0.717) is 5.69 Å². The Kier molecular flexibility index (Phi) is 5.35. The zero-order valence-corrected chi connectivity index (χ0v) is 16.1. The van der Waals surface area contributed by atoms with Crippen molar-refractivity contribution in [1.29, 1.82) is 0 Å². The fraction of sp³-hybridized carbons (Fsp3) is 0.421. The third kappa shape index (κ3) is 4.12. The van der Waals surface area contributed by atoms with Crippen molar-refractivity contribution in [3.8, 4) is 0 Å². The third-order valence-corrected chi connectivity index (χ3v) is 6.08. The number of hydrogen-bond donors (Lipinski definition) is 1. The van der Waals surface area contributed by atoms with Gasteiger partial charge in [-0.2, -0.15) is 0 Å². The summed E-state index contributed by atoms with van der Waals surface area (Å²) < 4.78 is 2.86. The van der Waals surface area contributed by atoms with Crippen molar-refractivity contribution in [3.63, 3.8) is 0 Å². The molecule has 0 bridgehead atoms. The lowest BCUT2D eigenvalue weighted by atomic mass is 10.2. The molecule has 7 nitrogen and oxygen atoms in total. The Morgan fingerprint density at radius 2 is 1.78 bits per heavy atom. The summed E-state index contributed by atoms with van der Waals surface area (Å²) in [6.45, 7) is 5.81. The van der Waals surface area contributed by atoms with Crippen LogP contribution in [0.2, 0.25) is 0 Å². The first kappa shape index (κ1) is 17.9. The molecule has 2 aromatic heterocycles. The molecule has 1 saturated heterocycles. The van der Waals surface area contributed by atoms with E-state index in [0.717, 1.165) is 68.1 Å². The molecule has 1 fully saturated rings. The van der Waals surface area contributed by atoms with Crippen LogP contribution in [0.3, 0.4) is 0 Å². The highest BCUT2D eigenvalue weighted by Crippen LogP contribution is 2.19. The van der Waals surface area contributed by atoms with Crippen LogP contribution in [0.15, 0.2) is 41.5 Å². The zero-order valence-electron chi connectivity index (χ0n) is 15.3. The largest absolute Gasteiger partial charge is 0.399 e. The van der Waals surface area contributed by atoms with Crippen molar-refractivity contribution in [3.05, 3.63) is 47.0 Å². The van der Waals surface area contributed by atoms with E-state index in [2.05, 4.69) is 19.8 Å². The molecule has 3 aromatic rings. The van der Waals surface area contributed by atoms with Gasteiger partial charge in [-0.05, 0) is 43.7 Å². The lowest BCUT2D eigenvalue weighted by Crippen LogP contribution is -2.47. The Labute approximate surface area is 162 Å². The van der Waals surface area contributed by atoms with Crippen molar-refractivity contribution >= 4 is 33.3 Å². The molecule has 0 atom stereocenters. The van der Waals surface area contributed by atoms with Gasteiger partial charge in [-0.15, -0.1) is 0 Å². The molecule has 142 valence electrons. The van der Waals surface area contributed by atoms with Crippen LogP contribution < -0.4 is 16.2 Å². The number of aryl methyl sites for hydroxylation is 1. The summed E-state index contributed by atoms with van der Waals surface area (Å²) in [6.07, 6.45) is 5.67. The Bertz CT molecular complexity index is 946. The molecule has 0 amide bonds. The molecule has 0 unspecified atom stereocenters. The second kappa shape index (κ2) is 8.06. The van der Waals surface area contributed by atoms with E-state index in [1.165, 1.54) is 11.5 Å². The predicted octanol–water partition coefficient (Wildman–Crippen LogP) is 2.04. The lowest BCUT2D eigenvalue weighted by molar-refractivity contribution is 0.250. The van der Waals surface area contributed by atoms with Gasteiger partial charge in [0.2, 0.25) is 5.95 Å². The number of rotatable bonds is 6. The minimum Gasteiger partial charge on any atom is -0.399 e. The zero-order chi connectivity index (χ0) is 18.6. The first-order chi connectivity index (χ1) is 13.2. The van der Waals surface area contributed by atoms with Crippen LogP contribution in [0, 0.1) is 0 Å². The quantitative estimate of drug-likeness (QED) is 0.517. The van der Waals surface area contributed by atoms with Crippen molar-refractivity contribution < 1.29 is 0 Å². The molecule has 2 N–H and O–H groups in total. The van der Waals surface area contributed by atoms with Gasteiger partial charge in [0, 0.05) is 50.8 Å². The second-order valence-corrected chi connectivity index (χ2v) is 7.90. The van der Waals surface area contributed by atoms with Crippen molar-refractivity contribution in [2.24, 2.45) is 0 Å². The van der Waals surface area contributed by atoms with Crippen LogP contribution in [0.25, 0.3) is 10.1 Å². The van der Waals surface area contributed by atoms with E-state index < -0.39 is 0 Å². The molecule has 27 heavy (non-hydrogen) atoms. The molecule has 4 rings (SSSR count). The molecule has 0 aliphatic carbocycles. The van der Waals surface area contributed by atoms with Gasteiger partial charge in [0.1, 0.15) is 0 Å². The fourth-order valence-electron chi connectivity index (χ4n) is 3.45. The molecular weight excluding hydrogens is 360 g/mol. The van der Waals surface area contributed by atoms with E-state index in [4.69, 9.17) is 5.73 Å². The van der Waals surface area contributed by atoms with Crippen LogP contribution in [0.4, 0.5) is 11.6 Å². The highest BCUT2D eigenvalue weighted by atomic mass is 32.1. The summed E-state index contributed by atoms with van der Waals surface area (Å²) in [5, 5.41) is 0.735. The maximum Gasteiger partial charge on any atom is 0.268 e. The second-order valence-electron chi connectivity index (χ2n) is 6.84. The highest BCUT2D eigenvalue weighted by Gasteiger charge is 2.18. The van der Waals surface area contributed by atoms with Crippen molar-refractivity contribution in [2.75, 3.05) is 43.4 Å². The summed E-state index contributed by atoms with van der Waals surface area (Å²) in [5.41, 5.74) is 6.52. The van der Waals surface area contributed by atoms with Crippen LogP contribution in [0.5, 0.6) is 0 Å². The first-order valence-corrected chi connectivity index (χ1v) is 10.1. The van der Waals surface area contributed by atoms with Crippen LogP contribution in [-0.4, -0.2) is 51.5 Å². The van der Waals surface area contributed by atoms with E-state index in [1.54, 1.807) is 18.5 Å². The van der Waals surface area contributed by atoms with Crippen molar-refractivity contribution in [2.45, 2.75) is 19.4 Å². The molecular formula is C19H24N6OS. The van der Waals surface area contributed by atoms with E-state index >= 15 is 0 Å². The van der Waals surface area contributed by atoms with E-state index in [1.807, 2.05) is 22.2 Å². The Hall–Kier alpha value is -2.45. The third-order valence-electron chi connectivity index (χ3n) is 4.96. The van der Waals surface area contributed by atoms with Gasteiger partial charge in [0.25, 0.3) is 5.56 Å². The smallest absolute Gasteiger partial charge is 0.268 e. The minimum absolute atomic E-state index is 0.0822. The van der Waals surface area contributed by atoms with Crippen LogP contribution >= 0.6 is 11.5 Å². The SMILES string of the molecule is Nc1ccc2sn(CCCCN3CCN(c4ncccn4)CC3)c(=O)c2c1. The van der Waals surface area contributed by atoms with E-state index in [9.17, 15) is 4.79 Å².